The molecule has 1 aromatic carbocycles. The first-order valence-electron chi connectivity index (χ1n) is 7.03. The fraction of sp³-hybridized carbons (Fsp3) is 0.333. The van der Waals surface area contributed by atoms with Crippen LogP contribution in [0.15, 0.2) is 29.6 Å². The fourth-order valence-electron chi connectivity index (χ4n) is 1.85. The third-order valence-corrected chi connectivity index (χ3v) is 3.88. The summed E-state index contributed by atoms with van der Waals surface area (Å²) in [6.07, 6.45) is 1.61. The predicted molar refractivity (Wildman–Crippen MR) is 85.3 cm³/mol. The number of alkyl halides is 2. The molecular formula is C15H17F2N3O2S. The van der Waals surface area contributed by atoms with Gasteiger partial charge in [-0.1, -0.05) is 0 Å². The lowest BCUT2D eigenvalue weighted by Crippen LogP contribution is -2.29. The van der Waals surface area contributed by atoms with Gasteiger partial charge in [-0.05, 0) is 37.6 Å². The number of carbonyl (C=O) groups is 1. The number of rotatable bonds is 7. The molecule has 0 aliphatic rings. The molecule has 0 bridgehead atoms. The third-order valence-electron chi connectivity index (χ3n) is 2.86. The van der Waals surface area contributed by atoms with E-state index in [9.17, 15) is 13.6 Å². The van der Waals surface area contributed by atoms with E-state index in [4.69, 9.17) is 0 Å². The summed E-state index contributed by atoms with van der Waals surface area (Å²) < 4.78 is 28.3. The molecule has 0 fully saturated rings. The molecule has 0 saturated heterocycles. The Kier molecular flexibility index (Phi) is 6.28. The van der Waals surface area contributed by atoms with E-state index in [2.05, 4.69) is 20.4 Å². The quantitative estimate of drug-likeness (QED) is 0.753. The van der Waals surface area contributed by atoms with E-state index in [1.165, 1.54) is 24.3 Å². The number of hydrogen-bond donors (Lipinski definition) is 2. The third kappa shape index (κ3) is 6.19. The number of amides is 2. The minimum absolute atomic E-state index is 0.0460. The van der Waals surface area contributed by atoms with Gasteiger partial charge < -0.3 is 15.4 Å². The number of hydrogen-bond acceptors (Lipinski definition) is 4. The SMILES string of the molecule is Cc1csc(CCCNC(=O)Nc2ccc(OC(F)F)cc2)n1. The maximum atomic E-state index is 12.0. The molecule has 2 aromatic rings. The van der Waals surface area contributed by atoms with Crippen molar-refractivity contribution in [3.63, 3.8) is 0 Å². The number of carbonyl (C=O) groups excluding carboxylic acids is 1. The van der Waals surface area contributed by atoms with Crippen molar-refractivity contribution >= 4 is 23.1 Å². The topological polar surface area (TPSA) is 63.2 Å². The molecule has 0 saturated carbocycles. The summed E-state index contributed by atoms with van der Waals surface area (Å²) in [6, 6.07) is 5.38. The molecule has 2 N–H and O–H groups in total. The lowest BCUT2D eigenvalue weighted by atomic mass is 10.3. The summed E-state index contributed by atoms with van der Waals surface area (Å²) in [5, 5.41) is 8.40. The second-order valence-electron chi connectivity index (χ2n) is 4.77. The second kappa shape index (κ2) is 8.42. The van der Waals surface area contributed by atoms with Crippen molar-refractivity contribution in [3.8, 4) is 5.75 Å². The molecule has 2 rings (SSSR count). The highest BCUT2D eigenvalue weighted by Gasteiger charge is 2.05. The van der Waals surface area contributed by atoms with E-state index in [1.54, 1.807) is 11.3 Å². The Hall–Kier alpha value is -2.22. The highest BCUT2D eigenvalue weighted by Crippen LogP contribution is 2.17. The normalized spacial score (nSPS) is 10.6. The van der Waals surface area contributed by atoms with Gasteiger partial charge in [0.05, 0.1) is 5.01 Å². The summed E-state index contributed by atoms with van der Waals surface area (Å²) in [7, 11) is 0. The Balaban J connectivity index is 1.68. The minimum atomic E-state index is -2.86. The minimum Gasteiger partial charge on any atom is -0.435 e. The van der Waals surface area contributed by atoms with Gasteiger partial charge in [0, 0.05) is 29.7 Å². The average Bonchev–Trinajstić information content (AvgIpc) is 2.91. The summed E-state index contributed by atoms with van der Waals surface area (Å²) in [5.74, 6) is 0.0460. The van der Waals surface area contributed by atoms with E-state index >= 15 is 0 Å². The number of ether oxygens (including phenoxy) is 1. The van der Waals surface area contributed by atoms with E-state index in [0.717, 1.165) is 23.5 Å². The standard InChI is InChI=1S/C15H17F2N3O2S/c1-10-9-23-13(19-10)3-2-8-18-15(21)20-11-4-6-12(7-5-11)22-14(16)17/h4-7,9,14H,2-3,8H2,1H3,(H2,18,20,21). The van der Waals surface area contributed by atoms with Gasteiger partial charge in [0.25, 0.3) is 0 Å². The van der Waals surface area contributed by atoms with Crippen molar-refractivity contribution in [3.05, 3.63) is 40.3 Å². The van der Waals surface area contributed by atoms with Crippen LogP contribution in [0.1, 0.15) is 17.1 Å². The van der Waals surface area contributed by atoms with Crippen molar-refractivity contribution in [2.24, 2.45) is 0 Å². The van der Waals surface area contributed by atoms with Crippen molar-refractivity contribution in [2.45, 2.75) is 26.4 Å². The number of nitrogens with one attached hydrogen (secondary N) is 2. The summed E-state index contributed by atoms with van der Waals surface area (Å²) in [6.45, 7) is -0.390. The van der Waals surface area contributed by atoms with Gasteiger partial charge in [-0.2, -0.15) is 8.78 Å². The molecule has 0 aliphatic heterocycles. The lowest BCUT2D eigenvalue weighted by Gasteiger charge is -2.08. The lowest BCUT2D eigenvalue weighted by molar-refractivity contribution is -0.0498. The van der Waals surface area contributed by atoms with Crippen molar-refractivity contribution in [2.75, 3.05) is 11.9 Å². The van der Waals surface area contributed by atoms with Gasteiger partial charge in [0.15, 0.2) is 0 Å². The second-order valence-corrected chi connectivity index (χ2v) is 5.71. The number of thiazole rings is 1. The van der Waals surface area contributed by atoms with Gasteiger partial charge in [-0.25, -0.2) is 9.78 Å². The monoisotopic (exact) mass is 341 g/mol. The Labute approximate surface area is 136 Å². The zero-order valence-electron chi connectivity index (χ0n) is 12.5. The predicted octanol–water partition coefficient (Wildman–Crippen LogP) is 3.81. The van der Waals surface area contributed by atoms with Crippen LogP contribution in [-0.4, -0.2) is 24.2 Å². The number of urea groups is 1. The number of anilines is 1. The first kappa shape index (κ1) is 17.1. The van der Waals surface area contributed by atoms with Crippen LogP contribution < -0.4 is 15.4 Å². The van der Waals surface area contributed by atoms with Crippen LogP contribution in [-0.2, 0) is 6.42 Å². The van der Waals surface area contributed by atoms with Gasteiger partial charge >= 0.3 is 12.6 Å². The maximum Gasteiger partial charge on any atom is 0.387 e. The molecule has 1 heterocycles. The van der Waals surface area contributed by atoms with Crippen molar-refractivity contribution in [1.82, 2.24) is 10.3 Å². The molecule has 0 aliphatic carbocycles. The number of aryl methyl sites for hydroxylation is 2. The smallest absolute Gasteiger partial charge is 0.387 e. The Morgan fingerprint density at radius 3 is 2.70 bits per heavy atom. The molecule has 5 nitrogen and oxygen atoms in total. The van der Waals surface area contributed by atoms with Gasteiger partial charge in [-0.3, -0.25) is 0 Å². The molecule has 0 atom stereocenters. The van der Waals surface area contributed by atoms with Crippen molar-refractivity contribution < 1.29 is 18.3 Å². The molecule has 2 amide bonds. The molecular weight excluding hydrogens is 324 g/mol. The van der Waals surface area contributed by atoms with Crippen LogP contribution in [0.3, 0.4) is 0 Å². The molecule has 0 radical (unpaired) electrons. The highest BCUT2D eigenvalue weighted by molar-refractivity contribution is 7.09. The number of aromatic nitrogens is 1. The van der Waals surface area contributed by atoms with Crippen LogP contribution in [0.25, 0.3) is 0 Å². The van der Waals surface area contributed by atoms with Crippen LogP contribution in [0.2, 0.25) is 0 Å². The summed E-state index contributed by atoms with van der Waals surface area (Å²) >= 11 is 1.61. The largest absolute Gasteiger partial charge is 0.435 e. The Morgan fingerprint density at radius 2 is 2.09 bits per heavy atom. The van der Waals surface area contributed by atoms with E-state index < -0.39 is 6.61 Å². The number of benzene rings is 1. The van der Waals surface area contributed by atoms with Crippen LogP contribution >= 0.6 is 11.3 Å². The molecule has 8 heteroatoms. The fourth-order valence-corrected chi connectivity index (χ4v) is 2.67. The van der Waals surface area contributed by atoms with Gasteiger partial charge in [0.2, 0.25) is 0 Å². The van der Waals surface area contributed by atoms with E-state index in [1.807, 2.05) is 12.3 Å². The van der Waals surface area contributed by atoms with Gasteiger partial charge in [0.1, 0.15) is 5.75 Å². The first-order chi connectivity index (χ1) is 11.0. The zero-order valence-corrected chi connectivity index (χ0v) is 13.3. The Bertz CT molecular complexity index is 632. The van der Waals surface area contributed by atoms with Crippen molar-refractivity contribution in [1.29, 1.82) is 0 Å². The molecule has 124 valence electrons. The summed E-state index contributed by atoms with van der Waals surface area (Å²) in [5.41, 5.74) is 1.51. The maximum absolute atomic E-state index is 12.0. The van der Waals surface area contributed by atoms with Crippen LogP contribution in [0.4, 0.5) is 19.3 Å². The number of halogens is 2. The van der Waals surface area contributed by atoms with E-state index in [0.29, 0.717) is 12.2 Å². The number of nitrogens with zero attached hydrogens (tertiary/aromatic N) is 1. The molecule has 0 spiro atoms. The molecule has 23 heavy (non-hydrogen) atoms. The van der Waals surface area contributed by atoms with Crippen LogP contribution in [0, 0.1) is 6.92 Å². The van der Waals surface area contributed by atoms with Gasteiger partial charge in [-0.15, -0.1) is 11.3 Å². The molecule has 1 aromatic heterocycles. The van der Waals surface area contributed by atoms with Crippen LogP contribution in [0.5, 0.6) is 5.75 Å². The molecule has 0 unspecified atom stereocenters. The average molecular weight is 341 g/mol. The highest BCUT2D eigenvalue weighted by atomic mass is 32.1. The summed E-state index contributed by atoms with van der Waals surface area (Å²) in [4.78, 5) is 16.1. The van der Waals surface area contributed by atoms with E-state index in [-0.39, 0.29) is 11.8 Å². The Morgan fingerprint density at radius 1 is 1.35 bits per heavy atom. The zero-order chi connectivity index (χ0) is 16.7. The first-order valence-corrected chi connectivity index (χ1v) is 7.91.